The molecule has 2 N–H and O–H groups in total. The number of benzene rings is 2. The quantitative estimate of drug-likeness (QED) is 0.509. The monoisotopic (exact) mass is 424 g/mol. The third-order valence-electron chi connectivity index (χ3n) is 5.71. The fourth-order valence-electron chi connectivity index (χ4n) is 4.10. The van der Waals surface area contributed by atoms with E-state index in [1.165, 1.54) is 17.7 Å². The maximum atomic E-state index is 12.8. The molecular weight excluding hydrogens is 405 g/mol. The van der Waals surface area contributed by atoms with Gasteiger partial charge in [0.25, 0.3) is 5.56 Å². The van der Waals surface area contributed by atoms with Gasteiger partial charge in [-0.3, -0.25) is 9.69 Å². The first-order valence-electron chi connectivity index (χ1n) is 9.95. The zero-order valence-corrected chi connectivity index (χ0v) is 16.5. The molecule has 2 aromatic heterocycles. The fourth-order valence-corrected chi connectivity index (χ4v) is 4.10. The number of nitrogens with zero attached hydrogens (tertiary/aromatic N) is 2. The summed E-state index contributed by atoms with van der Waals surface area (Å²) in [6.07, 6.45) is -1.92. The van der Waals surface area contributed by atoms with E-state index in [2.05, 4.69) is 32.0 Å². The molecule has 0 fully saturated rings. The van der Waals surface area contributed by atoms with Crippen LogP contribution in [0.5, 0.6) is 0 Å². The first kappa shape index (κ1) is 19.6. The van der Waals surface area contributed by atoms with Crippen molar-refractivity contribution in [2.75, 3.05) is 6.54 Å². The number of para-hydroxylation sites is 1. The molecule has 0 radical (unpaired) electrons. The summed E-state index contributed by atoms with van der Waals surface area (Å²) in [5.74, 6) is 0.283. The van der Waals surface area contributed by atoms with Crippen molar-refractivity contribution in [3.8, 4) is 11.4 Å². The number of hydrogen-bond acceptors (Lipinski definition) is 3. The summed E-state index contributed by atoms with van der Waals surface area (Å²) >= 11 is 0. The van der Waals surface area contributed by atoms with Gasteiger partial charge < -0.3 is 9.97 Å². The van der Waals surface area contributed by atoms with Crippen LogP contribution in [0.25, 0.3) is 22.3 Å². The number of aromatic nitrogens is 3. The maximum Gasteiger partial charge on any atom is 0.416 e. The number of nitrogens with one attached hydrogen (secondary N) is 2. The van der Waals surface area contributed by atoms with Crippen LogP contribution in [-0.4, -0.2) is 26.4 Å². The van der Waals surface area contributed by atoms with Crippen LogP contribution in [0.3, 0.4) is 0 Å². The van der Waals surface area contributed by atoms with E-state index in [-0.39, 0.29) is 11.4 Å². The lowest BCUT2D eigenvalue weighted by molar-refractivity contribution is -0.137. The molecule has 4 aromatic rings. The number of halogens is 3. The predicted octanol–water partition coefficient (Wildman–Crippen LogP) is 4.50. The second-order valence-electron chi connectivity index (χ2n) is 7.73. The van der Waals surface area contributed by atoms with Crippen LogP contribution in [0.2, 0.25) is 0 Å². The van der Waals surface area contributed by atoms with Gasteiger partial charge in [-0.2, -0.15) is 13.2 Å². The van der Waals surface area contributed by atoms with Crippen LogP contribution in [0.4, 0.5) is 13.2 Å². The Labute approximate surface area is 175 Å². The van der Waals surface area contributed by atoms with Crippen molar-refractivity contribution in [3.05, 3.63) is 87.5 Å². The number of rotatable bonds is 3. The highest BCUT2D eigenvalue weighted by molar-refractivity contribution is 5.82. The largest absolute Gasteiger partial charge is 0.416 e. The Morgan fingerprint density at radius 1 is 1.06 bits per heavy atom. The van der Waals surface area contributed by atoms with Crippen molar-refractivity contribution in [2.45, 2.75) is 25.7 Å². The molecular formula is C23H19F3N4O. The minimum Gasteiger partial charge on any atom is -0.361 e. The van der Waals surface area contributed by atoms with Gasteiger partial charge >= 0.3 is 6.18 Å². The van der Waals surface area contributed by atoms with Gasteiger partial charge in [0.15, 0.2) is 0 Å². The molecule has 3 heterocycles. The minimum absolute atomic E-state index is 0.231. The summed E-state index contributed by atoms with van der Waals surface area (Å²) in [5.41, 5.74) is 3.05. The SMILES string of the molecule is O=c1[nH]c(-c2ccc(C(F)(F)F)cc2)nc2c1CCN(Cc1cccc3cc[nH]c13)C2. The Kier molecular flexibility index (Phi) is 4.66. The van der Waals surface area contributed by atoms with Crippen LogP contribution < -0.4 is 5.56 Å². The molecule has 0 saturated heterocycles. The van der Waals surface area contributed by atoms with Crippen molar-refractivity contribution in [2.24, 2.45) is 0 Å². The Balaban J connectivity index is 1.42. The molecule has 0 amide bonds. The lowest BCUT2D eigenvalue weighted by atomic mass is 10.0. The molecule has 0 saturated carbocycles. The Bertz CT molecular complexity index is 1310. The molecule has 0 atom stereocenters. The van der Waals surface area contributed by atoms with Crippen LogP contribution in [0.1, 0.15) is 22.4 Å². The topological polar surface area (TPSA) is 64.8 Å². The molecule has 0 unspecified atom stereocenters. The van der Waals surface area contributed by atoms with Gasteiger partial charge in [-0.1, -0.05) is 30.3 Å². The smallest absolute Gasteiger partial charge is 0.361 e. The Hall–Kier alpha value is -3.39. The third-order valence-corrected chi connectivity index (χ3v) is 5.71. The molecule has 0 spiro atoms. The molecule has 1 aliphatic rings. The van der Waals surface area contributed by atoms with Gasteiger partial charge in [-0.05, 0) is 35.6 Å². The summed E-state index contributed by atoms with van der Waals surface area (Å²) < 4.78 is 38.5. The molecule has 2 aromatic carbocycles. The average molecular weight is 424 g/mol. The van der Waals surface area contributed by atoms with Crippen LogP contribution in [-0.2, 0) is 25.7 Å². The summed E-state index contributed by atoms with van der Waals surface area (Å²) in [6.45, 7) is 1.94. The van der Waals surface area contributed by atoms with Crippen LogP contribution >= 0.6 is 0 Å². The molecule has 31 heavy (non-hydrogen) atoms. The van der Waals surface area contributed by atoms with Gasteiger partial charge in [0.1, 0.15) is 5.82 Å². The molecule has 0 bridgehead atoms. The van der Waals surface area contributed by atoms with E-state index in [9.17, 15) is 18.0 Å². The van der Waals surface area contributed by atoms with Crippen molar-refractivity contribution < 1.29 is 13.2 Å². The second kappa shape index (κ2) is 7.39. The summed E-state index contributed by atoms with van der Waals surface area (Å²) in [7, 11) is 0. The van der Waals surface area contributed by atoms with E-state index < -0.39 is 11.7 Å². The van der Waals surface area contributed by atoms with Crippen molar-refractivity contribution >= 4 is 10.9 Å². The highest BCUT2D eigenvalue weighted by atomic mass is 19.4. The highest BCUT2D eigenvalue weighted by Crippen LogP contribution is 2.30. The second-order valence-corrected chi connectivity index (χ2v) is 7.73. The lowest BCUT2D eigenvalue weighted by Gasteiger charge is -2.28. The molecule has 1 aliphatic heterocycles. The standard InChI is InChI=1S/C23H19F3N4O/c24-23(25,26)17-6-4-15(5-7-17)21-28-19-13-30(11-9-18(19)22(31)29-21)12-16-3-1-2-14-8-10-27-20(14)16/h1-8,10,27H,9,11-13H2,(H,28,29,31). The van der Waals surface area contributed by atoms with E-state index in [0.717, 1.165) is 29.6 Å². The minimum atomic E-state index is -4.41. The number of hydrogen-bond donors (Lipinski definition) is 2. The number of alkyl halides is 3. The highest BCUT2D eigenvalue weighted by Gasteiger charge is 2.30. The maximum absolute atomic E-state index is 12.8. The molecule has 5 rings (SSSR count). The summed E-state index contributed by atoms with van der Waals surface area (Å²) in [5, 5.41) is 1.15. The Morgan fingerprint density at radius 2 is 1.87 bits per heavy atom. The molecule has 0 aliphatic carbocycles. The van der Waals surface area contributed by atoms with E-state index in [0.29, 0.717) is 36.3 Å². The Morgan fingerprint density at radius 3 is 2.65 bits per heavy atom. The van der Waals surface area contributed by atoms with Gasteiger partial charge in [0, 0.05) is 42.5 Å². The zero-order valence-electron chi connectivity index (χ0n) is 16.5. The van der Waals surface area contributed by atoms with Gasteiger partial charge in [0.05, 0.1) is 11.3 Å². The van der Waals surface area contributed by atoms with E-state index in [1.54, 1.807) is 0 Å². The van der Waals surface area contributed by atoms with Crippen molar-refractivity contribution in [1.82, 2.24) is 19.9 Å². The van der Waals surface area contributed by atoms with Crippen molar-refractivity contribution in [1.29, 1.82) is 0 Å². The molecule has 158 valence electrons. The number of H-pyrrole nitrogens is 2. The average Bonchev–Trinajstić information content (AvgIpc) is 3.23. The lowest BCUT2D eigenvalue weighted by Crippen LogP contribution is -2.35. The number of aromatic amines is 2. The first-order valence-corrected chi connectivity index (χ1v) is 9.95. The van der Waals surface area contributed by atoms with Crippen LogP contribution in [0.15, 0.2) is 59.5 Å². The fraction of sp³-hybridized carbons (Fsp3) is 0.217. The molecule has 5 nitrogen and oxygen atoms in total. The summed E-state index contributed by atoms with van der Waals surface area (Å²) in [6, 6.07) is 12.8. The summed E-state index contributed by atoms with van der Waals surface area (Å²) in [4.78, 5) is 25.4. The van der Waals surface area contributed by atoms with Gasteiger partial charge in [-0.25, -0.2) is 4.98 Å². The predicted molar refractivity (Wildman–Crippen MR) is 111 cm³/mol. The van der Waals surface area contributed by atoms with E-state index >= 15 is 0 Å². The van der Waals surface area contributed by atoms with Crippen LogP contribution in [0, 0.1) is 0 Å². The zero-order chi connectivity index (χ0) is 21.6. The first-order chi connectivity index (χ1) is 14.9. The molecule has 8 heteroatoms. The number of fused-ring (bicyclic) bond motifs is 2. The van der Waals surface area contributed by atoms with E-state index in [4.69, 9.17) is 0 Å². The van der Waals surface area contributed by atoms with Gasteiger partial charge in [-0.15, -0.1) is 0 Å². The third kappa shape index (κ3) is 3.74. The normalized spacial score (nSPS) is 14.7. The van der Waals surface area contributed by atoms with Crippen molar-refractivity contribution in [3.63, 3.8) is 0 Å². The van der Waals surface area contributed by atoms with Gasteiger partial charge in [0.2, 0.25) is 0 Å². The van der Waals surface area contributed by atoms with E-state index in [1.807, 2.05) is 18.3 Å².